The molecule has 6 nitrogen and oxygen atoms in total. The topological polar surface area (TPSA) is 121 Å². The Bertz CT molecular complexity index is 783. The Labute approximate surface area is 198 Å². The summed E-state index contributed by atoms with van der Waals surface area (Å²) in [6, 6.07) is 0. The first-order chi connectivity index (χ1) is 15.2. The lowest BCUT2D eigenvalue weighted by Crippen LogP contribution is -2.77. The number of fused-ring (bicyclic) bond motifs is 5. The normalized spacial score (nSPS) is 52.7. The molecule has 33 heavy (non-hydrogen) atoms. The second kappa shape index (κ2) is 8.28. The van der Waals surface area contributed by atoms with E-state index < -0.39 is 41.0 Å². The molecule has 3 fully saturated rings. The first-order valence-corrected chi connectivity index (χ1v) is 13.1. The summed E-state index contributed by atoms with van der Waals surface area (Å²) in [5.41, 5.74) is -4.55. The Kier molecular flexibility index (Phi) is 6.42. The van der Waals surface area contributed by atoms with Crippen molar-refractivity contribution in [3.8, 4) is 0 Å². The number of hydrogen-bond acceptors (Lipinski definition) is 6. The molecule has 0 unspecified atom stereocenters. The van der Waals surface area contributed by atoms with E-state index >= 15 is 0 Å². The van der Waals surface area contributed by atoms with Gasteiger partial charge in [-0.25, -0.2) is 0 Å². The van der Waals surface area contributed by atoms with Crippen LogP contribution in [0.1, 0.15) is 86.0 Å². The molecule has 0 aromatic heterocycles. The predicted molar refractivity (Wildman–Crippen MR) is 126 cm³/mol. The minimum Gasteiger partial charge on any atom is -0.390 e. The van der Waals surface area contributed by atoms with Gasteiger partial charge in [-0.2, -0.15) is 0 Å². The summed E-state index contributed by atoms with van der Waals surface area (Å²) in [4.78, 5) is 0. The maximum atomic E-state index is 12.2. The van der Waals surface area contributed by atoms with Crippen LogP contribution >= 0.6 is 0 Å². The van der Waals surface area contributed by atoms with Crippen molar-refractivity contribution in [3.63, 3.8) is 0 Å². The quantitative estimate of drug-likeness (QED) is 0.346. The second-order valence-corrected chi connectivity index (χ2v) is 12.9. The lowest BCUT2D eigenvalue weighted by atomic mass is 9.42. The number of aliphatic hydroxyl groups excluding tert-OH is 4. The lowest BCUT2D eigenvalue weighted by molar-refractivity contribution is -0.295. The van der Waals surface area contributed by atoms with Crippen molar-refractivity contribution < 1.29 is 30.6 Å². The highest BCUT2D eigenvalue weighted by Crippen LogP contribution is 2.69. The molecule has 0 heterocycles. The van der Waals surface area contributed by atoms with Crippen LogP contribution in [-0.2, 0) is 0 Å². The Hall–Kier alpha value is -0.500. The number of rotatable bonds is 5. The van der Waals surface area contributed by atoms with Gasteiger partial charge in [0.05, 0.1) is 18.3 Å². The van der Waals surface area contributed by atoms with Crippen LogP contribution in [0, 0.1) is 34.5 Å². The zero-order valence-corrected chi connectivity index (χ0v) is 21.0. The van der Waals surface area contributed by atoms with Gasteiger partial charge in [0.2, 0.25) is 0 Å². The maximum absolute atomic E-state index is 12.2. The Morgan fingerprint density at radius 1 is 0.909 bits per heavy atom. The molecule has 0 aromatic rings. The van der Waals surface area contributed by atoms with E-state index in [9.17, 15) is 30.6 Å². The standard InChI is InChI=1S/C27H46O6/c1-15(2)7-6-8-16(3)17-9-10-18-19-11-22(30)26(32)13-21(29)20(28)12-25(26,5)27(19,33)23(31)14-24(17,18)4/h11,15-18,20-23,28-33H,6-10,12-14H2,1-5H3/t16-,17-,18+,20-,21-,22-,23-,24-,25+,26+,27+/m1/s1. The van der Waals surface area contributed by atoms with Crippen LogP contribution in [0.25, 0.3) is 0 Å². The summed E-state index contributed by atoms with van der Waals surface area (Å²) in [5, 5.41) is 67.2. The summed E-state index contributed by atoms with van der Waals surface area (Å²) >= 11 is 0. The smallest absolute Gasteiger partial charge is 0.120 e. The van der Waals surface area contributed by atoms with E-state index in [2.05, 4.69) is 27.7 Å². The van der Waals surface area contributed by atoms with Gasteiger partial charge in [0.15, 0.2) is 0 Å². The second-order valence-electron chi connectivity index (χ2n) is 12.9. The molecule has 3 saturated carbocycles. The fourth-order valence-electron chi connectivity index (χ4n) is 8.66. The van der Waals surface area contributed by atoms with Gasteiger partial charge in [-0.05, 0) is 60.3 Å². The first-order valence-electron chi connectivity index (χ1n) is 13.1. The summed E-state index contributed by atoms with van der Waals surface area (Å²) in [6.45, 7) is 10.7. The average molecular weight is 467 g/mol. The van der Waals surface area contributed by atoms with Gasteiger partial charge in [-0.1, -0.05) is 60.0 Å². The van der Waals surface area contributed by atoms with E-state index in [4.69, 9.17) is 0 Å². The summed E-state index contributed by atoms with van der Waals surface area (Å²) < 4.78 is 0. The maximum Gasteiger partial charge on any atom is 0.120 e. The van der Waals surface area contributed by atoms with Crippen LogP contribution in [0.15, 0.2) is 11.6 Å². The molecule has 6 heteroatoms. The third-order valence-electron chi connectivity index (χ3n) is 10.7. The van der Waals surface area contributed by atoms with Gasteiger partial charge in [-0.15, -0.1) is 0 Å². The number of aliphatic hydroxyl groups is 6. The van der Waals surface area contributed by atoms with Crippen molar-refractivity contribution in [3.05, 3.63) is 11.6 Å². The molecule has 6 N–H and O–H groups in total. The monoisotopic (exact) mass is 466 g/mol. The molecule has 0 radical (unpaired) electrons. The van der Waals surface area contributed by atoms with Crippen LogP contribution in [0.3, 0.4) is 0 Å². The summed E-state index contributed by atoms with van der Waals surface area (Å²) in [6.07, 6.45) is 2.37. The predicted octanol–water partition coefficient (Wildman–Crippen LogP) is 2.53. The van der Waals surface area contributed by atoms with Crippen LogP contribution in [-0.4, -0.2) is 66.3 Å². The SMILES string of the molecule is CC(C)CCC[C@@H](C)[C@H]1CC[C@H]2C3=C[C@@H](O)[C@@]4(O)C[C@@H](O)[C@H](O)C[C@]4(C)[C@@]3(O)[C@H](O)C[C@]12C. The Morgan fingerprint density at radius 3 is 2.18 bits per heavy atom. The fraction of sp³-hybridized carbons (Fsp3) is 0.926. The number of hydrogen-bond donors (Lipinski definition) is 6. The molecular formula is C27H46O6. The van der Waals surface area contributed by atoms with Crippen molar-refractivity contribution >= 4 is 0 Å². The van der Waals surface area contributed by atoms with Crippen LogP contribution in [0.2, 0.25) is 0 Å². The van der Waals surface area contributed by atoms with E-state index in [1.54, 1.807) is 13.0 Å². The van der Waals surface area contributed by atoms with Crippen molar-refractivity contribution in [2.24, 2.45) is 34.5 Å². The fourth-order valence-corrected chi connectivity index (χ4v) is 8.66. The highest BCUT2D eigenvalue weighted by molar-refractivity contribution is 5.42. The third-order valence-corrected chi connectivity index (χ3v) is 10.7. The third kappa shape index (κ3) is 3.42. The van der Waals surface area contributed by atoms with Crippen LogP contribution in [0.4, 0.5) is 0 Å². The average Bonchev–Trinajstić information content (AvgIpc) is 3.04. The van der Waals surface area contributed by atoms with Crippen molar-refractivity contribution in [2.75, 3.05) is 0 Å². The van der Waals surface area contributed by atoms with E-state index in [1.165, 1.54) is 12.8 Å². The molecule has 0 saturated heterocycles. The van der Waals surface area contributed by atoms with Crippen molar-refractivity contribution in [1.82, 2.24) is 0 Å². The summed E-state index contributed by atoms with van der Waals surface area (Å²) in [5.74, 6) is 1.61. The molecule has 4 aliphatic carbocycles. The molecule has 0 aliphatic heterocycles. The molecule has 190 valence electrons. The highest BCUT2D eigenvalue weighted by Gasteiger charge is 2.74. The van der Waals surface area contributed by atoms with Gasteiger partial charge in [0.25, 0.3) is 0 Å². The van der Waals surface area contributed by atoms with Crippen LogP contribution < -0.4 is 0 Å². The Morgan fingerprint density at radius 2 is 1.55 bits per heavy atom. The van der Waals surface area contributed by atoms with Gasteiger partial charge in [-0.3, -0.25) is 0 Å². The van der Waals surface area contributed by atoms with Gasteiger partial charge in [0, 0.05) is 11.8 Å². The van der Waals surface area contributed by atoms with E-state index in [-0.39, 0.29) is 24.2 Å². The zero-order chi connectivity index (χ0) is 24.6. The largest absolute Gasteiger partial charge is 0.390 e. The zero-order valence-electron chi connectivity index (χ0n) is 21.0. The van der Waals surface area contributed by atoms with Crippen molar-refractivity contribution in [1.29, 1.82) is 0 Å². The summed E-state index contributed by atoms with van der Waals surface area (Å²) in [7, 11) is 0. The van der Waals surface area contributed by atoms with E-state index in [1.807, 2.05) is 0 Å². The first kappa shape index (κ1) is 25.6. The van der Waals surface area contributed by atoms with E-state index in [0.29, 0.717) is 29.7 Å². The van der Waals surface area contributed by atoms with Crippen LogP contribution in [0.5, 0.6) is 0 Å². The molecule has 0 aromatic carbocycles. The highest BCUT2D eigenvalue weighted by atomic mass is 16.4. The molecule has 0 bridgehead atoms. The molecular weight excluding hydrogens is 420 g/mol. The van der Waals surface area contributed by atoms with E-state index in [0.717, 1.165) is 19.3 Å². The molecule has 11 atom stereocenters. The molecule has 0 spiro atoms. The minimum atomic E-state index is -1.83. The van der Waals surface area contributed by atoms with Crippen molar-refractivity contribution in [2.45, 2.75) is 122 Å². The van der Waals surface area contributed by atoms with Gasteiger partial charge >= 0.3 is 0 Å². The molecule has 4 aliphatic rings. The van der Waals surface area contributed by atoms with Gasteiger partial charge < -0.3 is 30.6 Å². The molecule has 0 amide bonds. The minimum absolute atomic E-state index is 0.00321. The molecule has 4 rings (SSSR count). The lowest BCUT2D eigenvalue weighted by Gasteiger charge is -2.67. The van der Waals surface area contributed by atoms with Gasteiger partial charge in [0.1, 0.15) is 17.3 Å². The Balaban J connectivity index is 1.70.